The van der Waals surface area contributed by atoms with Gasteiger partial charge in [-0.3, -0.25) is 0 Å². The van der Waals surface area contributed by atoms with E-state index in [1.807, 2.05) is 13.8 Å². The van der Waals surface area contributed by atoms with Crippen molar-refractivity contribution < 1.29 is 14.3 Å². The Labute approximate surface area is 101 Å². The molecule has 0 bridgehead atoms. The fraction of sp³-hybridized carbons (Fsp3) is 0.500. The number of nitrogens with zero attached hydrogens (tertiary/aromatic N) is 1. The number of pyridine rings is 1. The normalized spacial score (nSPS) is 11.9. The third-order valence-corrected chi connectivity index (χ3v) is 2.20. The number of methoxy groups -OCH3 is 1. The molecule has 0 amide bonds. The lowest BCUT2D eigenvalue weighted by atomic mass is 10.3. The van der Waals surface area contributed by atoms with Crippen molar-refractivity contribution in [2.45, 2.75) is 20.0 Å². The second-order valence-electron chi connectivity index (χ2n) is 3.57. The molecule has 0 saturated carbocycles. The predicted molar refractivity (Wildman–Crippen MR) is 65.2 cm³/mol. The number of esters is 1. The largest absolute Gasteiger partial charge is 0.464 e. The highest BCUT2D eigenvalue weighted by Crippen LogP contribution is 2.09. The number of aromatic nitrogens is 1. The molecule has 1 rings (SSSR count). The predicted octanol–water partition coefficient (Wildman–Crippen LogP) is 1.71. The summed E-state index contributed by atoms with van der Waals surface area (Å²) in [5.74, 6) is -0.438. The van der Waals surface area contributed by atoms with E-state index in [-0.39, 0.29) is 6.10 Å². The van der Waals surface area contributed by atoms with Crippen LogP contribution in [-0.4, -0.2) is 37.3 Å². The monoisotopic (exact) mass is 238 g/mol. The van der Waals surface area contributed by atoms with Crippen LogP contribution in [0.25, 0.3) is 0 Å². The Bertz CT molecular complexity index is 369. The Hall–Kier alpha value is -1.62. The summed E-state index contributed by atoms with van der Waals surface area (Å²) in [5, 5.41) is 3.18. The maximum atomic E-state index is 11.3. The number of nitrogens with one attached hydrogen (secondary N) is 1. The van der Waals surface area contributed by atoms with Gasteiger partial charge in [-0.15, -0.1) is 0 Å². The van der Waals surface area contributed by atoms with Gasteiger partial charge in [-0.05, 0) is 26.0 Å². The molecule has 1 heterocycles. The fourth-order valence-corrected chi connectivity index (χ4v) is 1.36. The molecule has 1 unspecified atom stereocenters. The van der Waals surface area contributed by atoms with Crippen LogP contribution in [0.2, 0.25) is 0 Å². The Morgan fingerprint density at radius 2 is 2.35 bits per heavy atom. The van der Waals surface area contributed by atoms with Gasteiger partial charge in [0.25, 0.3) is 0 Å². The van der Waals surface area contributed by atoms with Crippen LogP contribution >= 0.6 is 0 Å². The second kappa shape index (κ2) is 6.85. The van der Waals surface area contributed by atoms with Gasteiger partial charge in [0.1, 0.15) is 5.69 Å². The molecule has 0 aliphatic carbocycles. The van der Waals surface area contributed by atoms with Crippen LogP contribution in [0.5, 0.6) is 0 Å². The lowest BCUT2D eigenvalue weighted by Gasteiger charge is -2.13. The quantitative estimate of drug-likeness (QED) is 0.764. The van der Waals surface area contributed by atoms with Crippen molar-refractivity contribution in [1.29, 1.82) is 0 Å². The van der Waals surface area contributed by atoms with E-state index in [9.17, 15) is 4.79 Å². The molecule has 0 aliphatic heterocycles. The molecule has 0 fully saturated rings. The number of anilines is 1. The smallest absolute Gasteiger partial charge is 0.356 e. The van der Waals surface area contributed by atoms with Gasteiger partial charge in [0.2, 0.25) is 0 Å². The van der Waals surface area contributed by atoms with Gasteiger partial charge in [-0.25, -0.2) is 9.78 Å². The van der Waals surface area contributed by atoms with Gasteiger partial charge in [0.05, 0.1) is 13.2 Å². The zero-order valence-corrected chi connectivity index (χ0v) is 10.4. The highest BCUT2D eigenvalue weighted by atomic mass is 16.5. The van der Waals surface area contributed by atoms with Gasteiger partial charge in [-0.2, -0.15) is 0 Å². The maximum Gasteiger partial charge on any atom is 0.356 e. The van der Waals surface area contributed by atoms with Crippen LogP contribution in [0, 0.1) is 0 Å². The molecule has 0 aromatic carbocycles. The molecule has 0 aliphatic rings. The molecule has 0 saturated heterocycles. The standard InChI is InChI=1S/C12H18N2O3/c1-4-17-9(2)8-14-10-5-6-13-11(7-10)12(15)16-3/h5-7,9H,4,8H2,1-3H3,(H,13,14). The third-order valence-electron chi connectivity index (χ3n) is 2.20. The molecule has 1 aromatic heterocycles. The van der Waals surface area contributed by atoms with E-state index in [4.69, 9.17) is 4.74 Å². The number of hydrogen-bond acceptors (Lipinski definition) is 5. The molecule has 1 N–H and O–H groups in total. The van der Waals surface area contributed by atoms with Crippen molar-refractivity contribution in [2.24, 2.45) is 0 Å². The average Bonchev–Trinajstić information content (AvgIpc) is 2.36. The van der Waals surface area contributed by atoms with Crippen molar-refractivity contribution in [2.75, 3.05) is 25.6 Å². The zero-order chi connectivity index (χ0) is 12.7. The van der Waals surface area contributed by atoms with Crippen molar-refractivity contribution in [3.63, 3.8) is 0 Å². The van der Waals surface area contributed by atoms with E-state index in [1.165, 1.54) is 7.11 Å². The summed E-state index contributed by atoms with van der Waals surface area (Å²) < 4.78 is 9.99. The first-order valence-electron chi connectivity index (χ1n) is 5.57. The first-order valence-corrected chi connectivity index (χ1v) is 5.57. The summed E-state index contributed by atoms with van der Waals surface area (Å²) in [5.41, 5.74) is 1.12. The first-order chi connectivity index (χ1) is 8.17. The van der Waals surface area contributed by atoms with E-state index in [0.29, 0.717) is 18.8 Å². The van der Waals surface area contributed by atoms with Crippen LogP contribution in [0.1, 0.15) is 24.3 Å². The van der Waals surface area contributed by atoms with E-state index in [0.717, 1.165) is 5.69 Å². The minimum Gasteiger partial charge on any atom is -0.464 e. The highest BCUT2D eigenvalue weighted by molar-refractivity contribution is 5.88. The topological polar surface area (TPSA) is 60.5 Å². The number of rotatable bonds is 6. The average molecular weight is 238 g/mol. The Balaban J connectivity index is 2.57. The lowest BCUT2D eigenvalue weighted by molar-refractivity contribution is 0.0594. The van der Waals surface area contributed by atoms with Crippen LogP contribution < -0.4 is 5.32 Å². The third kappa shape index (κ3) is 4.40. The Morgan fingerprint density at radius 1 is 1.59 bits per heavy atom. The Kier molecular flexibility index (Phi) is 5.42. The zero-order valence-electron chi connectivity index (χ0n) is 10.4. The minimum absolute atomic E-state index is 0.120. The van der Waals surface area contributed by atoms with E-state index in [2.05, 4.69) is 15.0 Å². The molecule has 1 aromatic rings. The molecular weight excluding hydrogens is 220 g/mol. The van der Waals surface area contributed by atoms with Gasteiger partial charge in [0, 0.05) is 25.0 Å². The number of hydrogen-bond donors (Lipinski definition) is 1. The molecule has 17 heavy (non-hydrogen) atoms. The summed E-state index contributed by atoms with van der Waals surface area (Å²) >= 11 is 0. The van der Waals surface area contributed by atoms with Crippen molar-refractivity contribution in [1.82, 2.24) is 4.98 Å². The second-order valence-corrected chi connectivity index (χ2v) is 3.57. The molecule has 1 atom stereocenters. The van der Waals surface area contributed by atoms with Gasteiger partial charge < -0.3 is 14.8 Å². The van der Waals surface area contributed by atoms with Crippen LogP contribution in [0.3, 0.4) is 0 Å². The lowest BCUT2D eigenvalue weighted by Crippen LogP contribution is -2.20. The number of ether oxygens (including phenoxy) is 2. The Morgan fingerprint density at radius 3 is 3.00 bits per heavy atom. The van der Waals surface area contributed by atoms with Crippen molar-refractivity contribution in [3.8, 4) is 0 Å². The summed E-state index contributed by atoms with van der Waals surface area (Å²) in [7, 11) is 1.33. The van der Waals surface area contributed by atoms with Crippen LogP contribution in [0.15, 0.2) is 18.3 Å². The number of carbonyl (C=O) groups excluding carboxylic acids is 1. The molecule has 0 radical (unpaired) electrons. The summed E-state index contributed by atoms with van der Waals surface area (Å²) in [6, 6.07) is 3.45. The summed E-state index contributed by atoms with van der Waals surface area (Å²) in [4.78, 5) is 15.2. The van der Waals surface area contributed by atoms with E-state index >= 15 is 0 Å². The van der Waals surface area contributed by atoms with Gasteiger partial charge >= 0.3 is 5.97 Å². The summed E-state index contributed by atoms with van der Waals surface area (Å²) in [6.07, 6.45) is 1.69. The van der Waals surface area contributed by atoms with Crippen LogP contribution in [0.4, 0.5) is 5.69 Å². The highest BCUT2D eigenvalue weighted by Gasteiger charge is 2.07. The molecular formula is C12H18N2O3. The van der Waals surface area contributed by atoms with Crippen molar-refractivity contribution >= 4 is 11.7 Å². The van der Waals surface area contributed by atoms with Crippen LogP contribution in [-0.2, 0) is 9.47 Å². The van der Waals surface area contributed by atoms with E-state index in [1.54, 1.807) is 18.3 Å². The minimum atomic E-state index is -0.438. The summed E-state index contributed by atoms with van der Waals surface area (Å²) in [6.45, 7) is 5.31. The fourth-order valence-electron chi connectivity index (χ4n) is 1.36. The SMILES string of the molecule is CCOC(C)CNc1ccnc(C(=O)OC)c1. The first kappa shape index (κ1) is 13.4. The van der Waals surface area contributed by atoms with Crippen molar-refractivity contribution in [3.05, 3.63) is 24.0 Å². The molecule has 0 spiro atoms. The van der Waals surface area contributed by atoms with Gasteiger partial charge in [-0.1, -0.05) is 0 Å². The molecule has 5 nitrogen and oxygen atoms in total. The number of carbonyl (C=O) groups is 1. The van der Waals surface area contributed by atoms with E-state index < -0.39 is 5.97 Å². The molecule has 5 heteroatoms. The van der Waals surface area contributed by atoms with Gasteiger partial charge in [0.15, 0.2) is 0 Å². The molecule has 94 valence electrons. The maximum absolute atomic E-state index is 11.3.